The van der Waals surface area contributed by atoms with Gasteiger partial charge < -0.3 is 8.85 Å². The lowest BCUT2D eigenvalue weighted by Crippen LogP contribution is -2.55. The van der Waals surface area contributed by atoms with Crippen LogP contribution < -0.4 is 0 Å². The molecule has 0 heterocycles. The third-order valence-electron chi connectivity index (χ3n) is 4.80. The first-order valence-corrected chi connectivity index (χ1v) is 8.18. The van der Waals surface area contributed by atoms with Crippen LogP contribution in [-0.2, 0) is 8.85 Å². The van der Waals surface area contributed by atoms with Crippen molar-refractivity contribution in [3.8, 4) is 0 Å². The van der Waals surface area contributed by atoms with E-state index in [1.807, 2.05) is 14.2 Å². The molecule has 0 aromatic rings. The van der Waals surface area contributed by atoms with Crippen molar-refractivity contribution in [3.63, 3.8) is 0 Å². The van der Waals surface area contributed by atoms with E-state index in [-0.39, 0.29) is 0 Å². The minimum Gasteiger partial charge on any atom is -0.397 e. The zero-order chi connectivity index (χ0) is 10.9. The second-order valence-electron chi connectivity index (χ2n) is 5.47. The second kappa shape index (κ2) is 4.19. The van der Waals surface area contributed by atoms with Crippen molar-refractivity contribution in [1.82, 2.24) is 0 Å². The molecule has 2 rings (SSSR count). The van der Waals surface area contributed by atoms with Gasteiger partial charge in [-0.15, -0.1) is 0 Å². The summed E-state index contributed by atoms with van der Waals surface area (Å²) in [5.74, 6) is 0. The first-order chi connectivity index (χ1) is 7.18. The predicted molar refractivity (Wildman–Crippen MR) is 64.2 cm³/mol. The van der Waals surface area contributed by atoms with Gasteiger partial charge in [0.15, 0.2) is 0 Å². The van der Waals surface area contributed by atoms with E-state index in [9.17, 15) is 0 Å². The minimum atomic E-state index is -1.95. The lowest BCUT2D eigenvalue weighted by Gasteiger charge is -2.49. The highest BCUT2D eigenvalue weighted by atomic mass is 28.4. The third kappa shape index (κ3) is 1.59. The van der Waals surface area contributed by atoms with E-state index in [2.05, 4.69) is 6.92 Å². The molecule has 2 aliphatic rings. The summed E-state index contributed by atoms with van der Waals surface area (Å²) in [6, 6.07) is 0. The summed E-state index contributed by atoms with van der Waals surface area (Å²) in [6.07, 6.45) is 9.42. The fraction of sp³-hybridized carbons (Fsp3) is 1.00. The van der Waals surface area contributed by atoms with Crippen LogP contribution in [0.4, 0.5) is 0 Å². The second-order valence-corrected chi connectivity index (χ2v) is 9.65. The smallest absolute Gasteiger partial charge is 0.346 e. The SMILES string of the molecule is CO[Si](OC)(C1CCC1)C1(C)CCCC1. The molecule has 2 nitrogen and oxygen atoms in total. The molecule has 0 spiro atoms. The Kier molecular flexibility index (Phi) is 3.24. The molecule has 0 bridgehead atoms. The van der Waals surface area contributed by atoms with Crippen LogP contribution >= 0.6 is 0 Å². The van der Waals surface area contributed by atoms with Crippen molar-refractivity contribution in [3.05, 3.63) is 0 Å². The van der Waals surface area contributed by atoms with Gasteiger partial charge in [-0.25, -0.2) is 0 Å². The summed E-state index contributed by atoms with van der Waals surface area (Å²) in [7, 11) is 1.82. The molecule has 2 fully saturated rings. The van der Waals surface area contributed by atoms with E-state index in [1.165, 1.54) is 44.9 Å². The minimum absolute atomic E-state index is 0.377. The number of rotatable bonds is 4. The summed E-state index contributed by atoms with van der Waals surface area (Å²) in [5.41, 5.74) is 0.760. The molecule has 0 radical (unpaired) electrons. The molecule has 2 saturated carbocycles. The predicted octanol–water partition coefficient (Wildman–Crippen LogP) is 3.61. The average Bonchev–Trinajstić information content (AvgIpc) is 2.59. The Labute approximate surface area is 94.6 Å². The highest BCUT2D eigenvalue weighted by Gasteiger charge is 2.60. The standard InChI is InChI=1S/C12H24O2Si/c1-12(9-4-5-10-12)15(13-2,14-3)11-7-6-8-11/h11H,4-10H2,1-3H3. The van der Waals surface area contributed by atoms with Crippen molar-refractivity contribution in [2.75, 3.05) is 14.2 Å². The van der Waals surface area contributed by atoms with E-state index < -0.39 is 8.56 Å². The van der Waals surface area contributed by atoms with Crippen LogP contribution in [-0.4, -0.2) is 22.8 Å². The zero-order valence-electron chi connectivity index (χ0n) is 10.3. The van der Waals surface area contributed by atoms with Gasteiger partial charge in [0.05, 0.1) is 0 Å². The van der Waals surface area contributed by atoms with Gasteiger partial charge in [-0.05, 0) is 25.7 Å². The van der Waals surface area contributed by atoms with E-state index >= 15 is 0 Å². The molecule has 0 saturated heterocycles. The fourth-order valence-corrected chi connectivity index (χ4v) is 8.72. The Morgan fingerprint density at radius 2 is 1.53 bits per heavy atom. The highest BCUT2D eigenvalue weighted by molar-refractivity contribution is 6.72. The Bertz CT molecular complexity index is 216. The van der Waals surface area contributed by atoms with E-state index in [0.717, 1.165) is 5.54 Å². The van der Waals surface area contributed by atoms with E-state index in [1.54, 1.807) is 0 Å². The summed E-state index contributed by atoms with van der Waals surface area (Å²) >= 11 is 0. The van der Waals surface area contributed by atoms with Crippen LogP contribution in [0.1, 0.15) is 51.9 Å². The summed E-state index contributed by atoms with van der Waals surface area (Å²) in [5, 5.41) is 0.377. The lowest BCUT2D eigenvalue weighted by molar-refractivity contribution is 0.174. The molecule has 0 unspecified atom stereocenters. The van der Waals surface area contributed by atoms with Gasteiger partial charge in [0.1, 0.15) is 0 Å². The molecule has 0 amide bonds. The molecule has 15 heavy (non-hydrogen) atoms. The number of hydrogen-bond acceptors (Lipinski definition) is 2. The first kappa shape index (κ1) is 11.6. The van der Waals surface area contributed by atoms with Crippen LogP contribution in [0.5, 0.6) is 0 Å². The first-order valence-electron chi connectivity index (χ1n) is 6.29. The van der Waals surface area contributed by atoms with Crippen LogP contribution in [0.3, 0.4) is 0 Å². The third-order valence-corrected chi connectivity index (χ3v) is 9.85. The largest absolute Gasteiger partial charge is 0.397 e. The van der Waals surface area contributed by atoms with Crippen molar-refractivity contribution in [2.45, 2.75) is 62.4 Å². The maximum atomic E-state index is 5.99. The van der Waals surface area contributed by atoms with Gasteiger partial charge in [0.25, 0.3) is 0 Å². The van der Waals surface area contributed by atoms with Crippen LogP contribution in [0, 0.1) is 0 Å². The fourth-order valence-electron chi connectivity index (χ4n) is 3.69. The molecular formula is C12H24O2Si. The summed E-state index contributed by atoms with van der Waals surface area (Å²) in [6.45, 7) is 2.41. The van der Waals surface area contributed by atoms with Gasteiger partial charge in [0, 0.05) is 24.8 Å². The summed E-state index contributed by atoms with van der Waals surface area (Å²) in [4.78, 5) is 0. The summed E-state index contributed by atoms with van der Waals surface area (Å²) < 4.78 is 12.0. The molecule has 3 heteroatoms. The van der Waals surface area contributed by atoms with Crippen molar-refractivity contribution in [2.24, 2.45) is 0 Å². The molecule has 2 aliphatic carbocycles. The average molecular weight is 228 g/mol. The van der Waals surface area contributed by atoms with Crippen LogP contribution in [0.25, 0.3) is 0 Å². The monoisotopic (exact) mass is 228 g/mol. The Balaban J connectivity index is 2.23. The van der Waals surface area contributed by atoms with E-state index in [4.69, 9.17) is 8.85 Å². The lowest BCUT2D eigenvalue weighted by atomic mass is 9.99. The molecule has 0 aromatic carbocycles. The van der Waals surface area contributed by atoms with Gasteiger partial charge in [-0.2, -0.15) is 0 Å². The van der Waals surface area contributed by atoms with Gasteiger partial charge in [0.2, 0.25) is 0 Å². The highest BCUT2D eigenvalue weighted by Crippen LogP contribution is 2.60. The van der Waals surface area contributed by atoms with Crippen LogP contribution in [0.2, 0.25) is 10.6 Å². The Morgan fingerprint density at radius 3 is 1.87 bits per heavy atom. The molecule has 0 aliphatic heterocycles. The Morgan fingerprint density at radius 1 is 1.00 bits per heavy atom. The topological polar surface area (TPSA) is 18.5 Å². The van der Waals surface area contributed by atoms with Crippen molar-refractivity contribution >= 4 is 8.56 Å². The maximum absolute atomic E-state index is 5.99. The normalized spacial score (nSPS) is 26.6. The van der Waals surface area contributed by atoms with Crippen molar-refractivity contribution in [1.29, 1.82) is 0 Å². The van der Waals surface area contributed by atoms with Crippen molar-refractivity contribution < 1.29 is 8.85 Å². The molecule has 88 valence electrons. The van der Waals surface area contributed by atoms with E-state index in [0.29, 0.717) is 5.04 Å². The zero-order valence-corrected chi connectivity index (χ0v) is 11.3. The van der Waals surface area contributed by atoms with Gasteiger partial charge in [-0.3, -0.25) is 0 Å². The Hall–Kier alpha value is 0.137. The quantitative estimate of drug-likeness (QED) is 0.684. The maximum Gasteiger partial charge on any atom is 0.346 e. The molecular weight excluding hydrogens is 204 g/mol. The van der Waals surface area contributed by atoms with Gasteiger partial charge >= 0.3 is 8.56 Å². The molecule has 0 aromatic heterocycles. The van der Waals surface area contributed by atoms with Gasteiger partial charge in [-0.1, -0.05) is 26.2 Å². The molecule has 0 N–H and O–H groups in total. The molecule has 0 atom stereocenters. The number of hydrogen-bond donors (Lipinski definition) is 0. The van der Waals surface area contributed by atoms with Crippen LogP contribution in [0.15, 0.2) is 0 Å².